The van der Waals surface area contributed by atoms with Crippen LogP contribution in [0.5, 0.6) is 0 Å². The Bertz CT molecular complexity index is 95.6. The maximum atomic E-state index is 4.33. The highest BCUT2D eigenvalue weighted by molar-refractivity contribution is 5.60. The number of aliphatic imine (C=N–C) groups is 1. The second kappa shape index (κ2) is 3.00. The van der Waals surface area contributed by atoms with Crippen molar-refractivity contribution in [2.45, 2.75) is 40.2 Å². The summed E-state index contributed by atoms with van der Waals surface area (Å²) in [4.78, 5) is 4.33. The normalized spacial score (nSPS) is 13.6. The third-order valence-electron chi connectivity index (χ3n) is 0.760. The standard InChI is InChI=1S/C8H17N/c1-7(2)6-9-8(3,4)5/h6-7H,1-5H3/b9-6-. The smallest absolute Gasteiger partial charge is 0.0520 e. The van der Waals surface area contributed by atoms with Gasteiger partial charge < -0.3 is 0 Å². The lowest BCUT2D eigenvalue weighted by atomic mass is 10.1. The molecule has 0 radical (unpaired) electrons. The highest BCUT2D eigenvalue weighted by Gasteiger charge is 2.04. The third kappa shape index (κ3) is 7.67. The number of rotatable bonds is 1. The Morgan fingerprint density at radius 2 is 1.67 bits per heavy atom. The van der Waals surface area contributed by atoms with Crippen molar-refractivity contribution in [3.63, 3.8) is 0 Å². The maximum absolute atomic E-state index is 4.33. The fourth-order valence-corrected chi connectivity index (χ4v) is 0.373. The van der Waals surface area contributed by atoms with E-state index in [0.717, 1.165) is 0 Å². The lowest BCUT2D eigenvalue weighted by molar-refractivity contribution is 0.581. The highest BCUT2D eigenvalue weighted by Crippen LogP contribution is 2.05. The molecule has 0 unspecified atom stereocenters. The van der Waals surface area contributed by atoms with Gasteiger partial charge in [0.1, 0.15) is 0 Å². The molecule has 1 nitrogen and oxygen atoms in total. The predicted octanol–water partition coefficient (Wildman–Crippen LogP) is 2.51. The summed E-state index contributed by atoms with van der Waals surface area (Å²) in [5.41, 5.74) is 0.101. The van der Waals surface area contributed by atoms with Gasteiger partial charge in [-0.1, -0.05) is 13.8 Å². The van der Waals surface area contributed by atoms with Crippen LogP contribution in [-0.2, 0) is 0 Å². The van der Waals surface area contributed by atoms with E-state index in [1.807, 2.05) is 6.21 Å². The van der Waals surface area contributed by atoms with E-state index >= 15 is 0 Å². The average molecular weight is 127 g/mol. The summed E-state index contributed by atoms with van der Waals surface area (Å²) < 4.78 is 0. The van der Waals surface area contributed by atoms with E-state index in [9.17, 15) is 0 Å². The SMILES string of the molecule is CC(C)/C=N\C(C)(C)C. The van der Waals surface area contributed by atoms with Crippen molar-refractivity contribution in [2.75, 3.05) is 0 Å². The summed E-state index contributed by atoms with van der Waals surface area (Å²) in [7, 11) is 0. The van der Waals surface area contributed by atoms with Gasteiger partial charge in [0.05, 0.1) is 5.54 Å². The molecule has 0 aliphatic rings. The van der Waals surface area contributed by atoms with Crippen LogP contribution in [0.2, 0.25) is 0 Å². The van der Waals surface area contributed by atoms with E-state index in [-0.39, 0.29) is 5.54 Å². The molecule has 0 N–H and O–H groups in total. The molecule has 0 fully saturated rings. The van der Waals surface area contributed by atoms with Gasteiger partial charge in [-0.05, 0) is 26.7 Å². The first kappa shape index (κ1) is 8.67. The van der Waals surface area contributed by atoms with E-state index in [1.54, 1.807) is 0 Å². The van der Waals surface area contributed by atoms with E-state index in [1.165, 1.54) is 0 Å². The van der Waals surface area contributed by atoms with Crippen molar-refractivity contribution in [3.05, 3.63) is 0 Å². The van der Waals surface area contributed by atoms with Gasteiger partial charge in [0, 0.05) is 6.21 Å². The van der Waals surface area contributed by atoms with Crippen LogP contribution in [0, 0.1) is 5.92 Å². The highest BCUT2D eigenvalue weighted by atomic mass is 14.8. The molecule has 0 rings (SSSR count). The lowest BCUT2D eigenvalue weighted by Crippen LogP contribution is -2.10. The van der Waals surface area contributed by atoms with E-state index in [0.29, 0.717) is 5.92 Å². The summed E-state index contributed by atoms with van der Waals surface area (Å²) >= 11 is 0. The second-order valence-electron chi connectivity index (χ2n) is 3.69. The van der Waals surface area contributed by atoms with Crippen LogP contribution in [0.3, 0.4) is 0 Å². The van der Waals surface area contributed by atoms with E-state index in [2.05, 4.69) is 39.6 Å². The van der Waals surface area contributed by atoms with Gasteiger partial charge in [0.2, 0.25) is 0 Å². The van der Waals surface area contributed by atoms with Gasteiger partial charge in [-0.25, -0.2) is 0 Å². The first-order valence-corrected chi connectivity index (χ1v) is 3.47. The summed E-state index contributed by atoms with van der Waals surface area (Å²) in [5.74, 6) is 0.573. The molecule has 0 aromatic heterocycles. The topological polar surface area (TPSA) is 12.4 Å². The minimum Gasteiger partial charge on any atom is -0.292 e. The molecule has 1 heteroatoms. The van der Waals surface area contributed by atoms with Gasteiger partial charge in [0.25, 0.3) is 0 Å². The van der Waals surface area contributed by atoms with E-state index in [4.69, 9.17) is 0 Å². The summed E-state index contributed by atoms with van der Waals surface area (Å²) in [5, 5.41) is 0. The molecule has 0 aliphatic heterocycles. The molecule has 54 valence electrons. The Labute approximate surface area is 58.2 Å². The zero-order chi connectivity index (χ0) is 7.49. The number of nitrogens with zero attached hydrogens (tertiary/aromatic N) is 1. The predicted molar refractivity (Wildman–Crippen MR) is 43.1 cm³/mol. The quantitative estimate of drug-likeness (QED) is 0.480. The van der Waals surface area contributed by atoms with Crippen molar-refractivity contribution in [1.82, 2.24) is 0 Å². The van der Waals surface area contributed by atoms with Crippen LogP contribution >= 0.6 is 0 Å². The molecule has 0 saturated carbocycles. The molecule has 0 saturated heterocycles. The molecule has 0 spiro atoms. The van der Waals surface area contributed by atoms with Crippen LogP contribution in [0.4, 0.5) is 0 Å². The van der Waals surface area contributed by atoms with Gasteiger partial charge in [0.15, 0.2) is 0 Å². The zero-order valence-corrected chi connectivity index (χ0v) is 7.10. The molecule has 0 aromatic rings. The first-order valence-electron chi connectivity index (χ1n) is 3.47. The summed E-state index contributed by atoms with van der Waals surface area (Å²) in [6, 6.07) is 0. The van der Waals surface area contributed by atoms with Crippen molar-refractivity contribution in [3.8, 4) is 0 Å². The van der Waals surface area contributed by atoms with E-state index < -0.39 is 0 Å². The van der Waals surface area contributed by atoms with Gasteiger partial charge >= 0.3 is 0 Å². The Morgan fingerprint density at radius 1 is 1.22 bits per heavy atom. The average Bonchev–Trinajstić information content (AvgIpc) is 1.59. The second-order valence-corrected chi connectivity index (χ2v) is 3.69. The first-order chi connectivity index (χ1) is 3.92. The van der Waals surface area contributed by atoms with Crippen LogP contribution in [-0.4, -0.2) is 11.8 Å². The number of hydrogen-bond acceptors (Lipinski definition) is 1. The minimum absolute atomic E-state index is 0.101. The maximum Gasteiger partial charge on any atom is 0.0520 e. The minimum atomic E-state index is 0.101. The Kier molecular flexibility index (Phi) is 2.89. The monoisotopic (exact) mass is 127 g/mol. The molecule has 0 aromatic carbocycles. The van der Waals surface area contributed by atoms with Crippen molar-refractivity contribution in [1.29, 1.82) is 0 Å². The molecule has 0 bridgehead atoms. The van der Waals surface area contributed by atoms with Gasteiger partial charge in [-0.3, -0.25) is 4.99 Å². The lowest BCUT2D eigenvalue weighted by Gasteiger charge is -2.11. The van der Waals surface area contributed by atoms with Crippen molar-refractivity contribution in [2.24, 2.45) is 10.9 Å². The summed E-state index contributed by atoms with van der Waals surface area (Å²) in [6.45, 7) is 10.6. The molecule has 0 atom stereocenters. The molecular weight excluding hydrogens is 110 g/mol. The zero-order valence-electron chi connectivity index (χ0n) is 7.10. The van der Waals surface area contributed by atoms with Crippen LogP contribution in [0.1, 0.15) is 34.6 Å². The Hall–Kier alpha value is -0.330. The fourth-order valence-electron chi connectivity index (χ4n) is 0.373. The van der Waals surface area contributed by atoms with Crippen LogP contribution < -0.4 is 0 Å². The molecule has 0 aliphatic carbocycles. The largest absolute Gasteiger partial charge is 0.292 e. The number of hydrogen-bond donors (Lipinski definition) is 0. The van der Waals surface area contributed by atoms with Crippen molar-refractivity contribution < 1.29 is 0 Å². The molecular formula is C8H17N. The van der Waals surface area contributed by atoms with Crippen LogP contribution in [0.25, 0.3) is 0 Å². The third-order valence-corrected chi connectivity index (χ3v) is 0.760. The summed E-state index contributed by atoms with van der Waals surface area (Å²) in [6.07, 6.45) is 2.00. The van der Waals surface area contributed by atoms with Crippen molar-refractivity contribution >= 4 is 6.21 Å². The molecule has 9 heavy (non-hydrogen) atoms. The Balaban J connectivity index is 3.71. The Morgan fingerprint density at radius 3 is 1.78 bits per heavy atom. The van der Waals surface area contributed by atoms with Crippen LogP contribution in [0.15, 0.2) is 4.99 Å². The molecule has 0 amide bonds. The van der Waals surface area contributed by atoms with Gasteiger partial charge in [-0.15, -0.1) is 0 Å². The van der Waals surface area contributed by atoms with Gasteiger partial charge in [-0.2, -0.15) is 0 Å². The molecule has 0 heterocycles. The fraction of sp³-hybridized carbons (Fsp3) is 0.875.